The number of carbonyl (C=O) groups is 2. The van der Waals surface area contributed by atoms with Gasteiger partial charge in [0.1, 0.15) is 5.03 Å². The number of ether oxygens (including phenoxy) is 1. The summed E-state index contributed by atoms with van der Waals surface area (Å²) in [5.41, 5.74) is 1.53. The number of nitrogens with zero attached hydrogens (tertiary/aromatic N) is 2. The van der Waals surface area contributed by atoms with E-state index in [2.05, 4.69) is 15.0 Å². The lowest BCUT2D eigenvalue weighted by Crippen LogP contribution is -2.17. The predicted molar refractivity (Wildman–Crippen MR) is 106 cm³/mol. The number of fused-ring (bicyclic) bond motifs is 1. The van der Waals surface area contributed by atoms with Gasteiger partial charge in [-0.15, -0.1) is 0 Å². The van der Waals surface area contributed by atoms with E-state index < -0.39 is 23.2 Å². The number of nitrogens with one attached hydrogen (secondary N) is 1. The van der Waals surface area contributed by atoms with Crippen LogP contribution in [0, 0.1) is 13.8 Å². The molecule has 0 aliphatic rings. The van der Waals surface area contributed by atoms with E-state index in [1.807, 2.05) is 0 Å². The summed E-state index contributed by atoms with van der Waals surface area (Å²) >= 11 is 0.907. The van der Waals surface area contributed by atoms with Crippen molar-refractivity contribution in [2.75, 3.05) is 7.11 Å². The number of para-hydroxylation sites is 1. The van der Waals surface area contributed by atoms with E-state index in [0.29, 0.717) is 16.6 Å². The molecule has 2 aromatic heterocycles. The van der Waals surface area contributed by atoms with Gasteiger partial charge in [-0.1, -0.05) is 30.0 Å². The second-order valence-electron chi connectivity index (χ2n) is 6.61. The summed E-state index contributed by atoms with van der Waals surface area (Å²) in [4.78, 5) is 35.1. The van der Waals surface area contributed by atoms with Crippen molar-refractivity contribution in [3.05, 3.63) is 52.6 Å². The van der Waals surface area contributed by atoms with Crippen molar-refractivity contribution in [1.29, 1.82) is 0 Å². The minimum absolute atomic E-state index is 0.0582. The van der Waals surface area contributed by atoms with Gasteiger partial charge in [0.2, 0.25) is 5.82 Å². The van der Waals surface area contributed by atoms with Crippen LogP contribution in [0.15, 0.2) is 29.3 Å². The summed E-state index contributed by atoms with van der Waals surface area (Å²) in [6.07, 6.45) is -4.71. The first-order chi connectivity index (χ1) is 14.0. The number of methoxy groups -OCH3 is 1. The highest BCUT2D eigenvalue weighted by molar-refractivity contribution is 8.00. The van der Waals surface area contributed by atoms with Crippen LogP contribution in [0.5, 0.6) is 0 Å². The molecular formula is C20H18F3N3O3S. The molecule has 6 nitrogen and oxygen atoms in total. The average Bonchev–Trinajstić information content (AvgIpc) is 3.00. The van der Waals surface area contributed by atoms with E-state index >= 15 is 0 Å². The van der Waals surface area contributed by atoms with E-state index in [0.717, 1.165) is 11.8 Å². The number of thioether (sulfide) groups is 1. The van der Waals surface area contributed by atoms with Crippen LogP contribution in [0.2, 0.25) is 0 Å². The molecule has 3 aromatic rings. The van der Waals surface area contributed by atoms with Crippen LogP contribution in [0.4, 0.5) is 13.2 Å². The number of esters is 1. The van der Waals surface area contributed by atoms with Crippen molar-refractivity contribution >= 4 is 34.4 Å². The van der Waals surface area contributed by atoms with Crippen LogP contribution in [-0.4, -0.2) is 39.1 Å². The molecule has 0 bridgehead atoms. The number of halogens is 3. The third kappa shape index (κ3) is 4.04. The van der Waals surface area contributed by atoms with Crippen molar-refractivity contribution in [2.45, 2.75) is 37.2 Å². The molecule has 0 fully saturated rings. The van der Waals surface area contributed by atoms with Gasteiger partial charge in [0.25, 0.3) is 0 Å². The van der Waals surface area contributed by atoms with Crippen molar-refractivity contribution < 1.29 is 27.5 Å². The lowest BCUT2D eigenvalue weighted by molar-refractivity contribution is -0.145. The standard InChI is InChI=1S/C20H18F3N3O3S/c1-9-14(18(28)29-4)10(2)24-15(9)16(27)11(3)30-17-12-7-5-6-8-13(12)25-19(26-17)20(21,22)23/h5-8,11,24H,1-4H3. The molecule has 158 valence electrons. The van der Waals surface area contributed by atoms with E-state index in [1.54, 1.807) is 39.0 Å². The Balaban J connectivity index is 1.98. The maximum absolute atomic E-state index is 13.2. The van der Waals surface area contributed by atoms with Crippen LogP contribution in [0.25, 0.3) is 10.9 Å². The third-order valence-electron chi connectivity index (χ3n) is 4.55. The largest absolute Gasteiger partial charge is 0.465 e. The van der Waals surface area contributed by atoms with Gasteiger partial charge >= 0.3 is 12.1 Å². The number of Topliss-reactive ketones (excluding diaryl/α,β-unsaturated/α-hetero) is 1. The van der Waals surface area contributed by atoms with Gasteiger partial charge in [-0.2, -0.15) is 13.2 Å². The molecule has 10 heteroatoms. The van der Waals surface area contributed by atoms with E-state index in [1.165, 1.54) is 13.2 Å². The van der Waals surface area contributed by atoms with Crippen molar-refractivity contribution in [3.8, 4) is 0 Å². The van der Waals surface area contributed by atoms with Gasteiger partial charge < -0.3 is 9.72 Å². The lowest BCUT2D eigenvalue weighted by atomic mass is 10.1. The molecule has 0 radical (unpaired) electrons. The minimum Gasteiger partial charge on any atom is -0.465 e. The summed E-state index contributed by atoms with van der Waals surface area (Å²) in [5.74, 6) is -2.20. The van der Waals surface area contributed by atoms with Crippen molar-refractivity contribution in [2.24, 2.45) is 0 Å². The Morgan fingerprint density at radius 2 is 1.83 bits per heavy atom. The van der Waals surface area contributed by atoms with E-state index in [4.69, 9.17) is 4.74 Å². The minimum atomic E-state index is -4.71. The number of alkyl halides is 3. The third-order valence-corrected chi connectivity index (χ3v) is 5.65. The van der Waals surface area contributed by atoms with Gasteiger partial charge in [0.05, 0.1) is 29.1 Å². The number of benzene rings is 1. The first kappa shape index (κ1) is 21.8. The lowest BCUT2D eigenvalue weighted by Gasteiger charge is -2.13. The zero-order chi connectivity index (χ0) is 22.2. The van der Waals surface area contributed by atoms with Crippen LogP contribution in [0.3, 0.4) is 0 Å². The van der Waals surface area contributed by atoms with Crippen molar-refractivity contribution in [3.63, 3.8) is 0 Å². The molecule has 1 aromatic carbocycles. The first-order valence-corrected chi connectivity index (χ1v) is 9.74. The van der Waals surface area contributed by atoms with Gasteiger partial charge in [0.15, 0.2) is 5.78 Å². The predicted octanol–water partition coefficient (Wildman–Crippen LogP) is 4.74. The fraction of sp³-hybridized carbons (Fsp3) is 0.300. The first-order valence-electron chi connectivity index (χ1n) is 8.87. The highest BCUT2D eigenvalue weighted by Gasteiger charge is 2.36. The molecule has 0 saturated carbocycles. The number of aryl methyl sites for hydroxylation is 1. The zero-order valence-electron chi connectivity index (χ0n) is 16.5. The normalized spacial score (nSPS) is 12.8. The number of aromatic nitrogens is 3. The maximum atomic E-state index is 13.2. The number of H-pyrrole nitrogens is 1. The summed E-state index contributed by atoms with van der Waals surface area (Å²) < 4.78 is 44.4. The molecule has 0 saturated heterocycles. The highest BCUT2D eigenvalue weighted by Crippen LogP contribution is 2.34. The van der Waals surface area contributed by atoms with Crippen LogP contribution >= 0.6 is 11.8 Å². The maximum Gasteiger partial charge on any atom is 0.451 e. The monoisotopic (exact) mass is 437 g/mol. The molecule has 0 aliphatic heterocycles. The molecule has 30 heavy (non-hydrogen) atoms. The van der Waals surface area contributed by atoms with Gasteiger partial charge in [0, 0.05) is 11.1 Å². The van der Waals surface area contributed by atoms with Gasteiger partial charge in [-0.05, 0) is 32.4 Å². The smallest absolute Gasteiger partial charge is 0.451 e. The Morgan fingerprint density at radius 1 is 1.17 bits per heavy atom. The number of rotatable bonds is 5. The average molecular weight is 437 g/mol. The van der Waals surface area contributed by atoms with Crippen LogP contribution in [0.1, 0.15) is 44.9 Å². The van der Waals surface area contributed by atoms with Crippen LogP contribution in [-0.2, 0) is 10.9 Å². The molecule has 1 N–H and O–H groups in total. The number of hydrogen-bond donors (Lipinski definition) is 1. The summed E-state index contributed by atoms with van der Waals surface area (Å²) in [7, 11) is 1.24. The topological polar surface area (TPSA) is 84.9 Å². The number of aromatic amines is 1. The molecule has 1 atom stereocenters. The quantitative estimate of drug-likeness (QED) is 0.269. The second kappa shape index (κ2) is 8.10. The zero-order valence-corrected chi connectivity index (χ0v) is 17.4. The molecule has 0 aliphatic carbocycles. The SMILES string of the molecule is COC(=O)c1c(C)[nH]c(C(=O)C(C)Sc2nc(C(F)(F)F)nc3ccccc23)c1C. The van der Waals surface area contributed by atoms with E-state index in [-0.39, 0.29) is 27.6 Å². The van der Waals surface area contributed by atoms with Gasteiger partial charge in [-0.25, -0.2) is 14.8 Å². The van der Waals surface area contributed by atoms with E-state index in [9.17, 15) is 22.8 Å². The number of hydrogen-bond acceptors (Lipinski definition) is 6. The molecule has 3 rings (SSSR count). The highest BCUT2D eigenvalue weighted by atomic mass is 32.2. The second-order valence-corrected chi connectivity index (χ2v) is 7.94. The molecule has 0 amide bonds. The molecular weight excluding hydrogens is 419 g/mol. The molecule has 2 heterocycles. The summed E-state index contributed by atoms with van der Waals surface area (Å²) in [6, 6.07) is 6.31. The fourth-order valence-electron chi connectivity index (χ4n) is 3.09. The Hall–Kier alpha value is -2.88. The number of carbonyl (C=O) groups excluding carboxylic acids is 2. The Bertz CT molecular complexity index is 1140. The summed E-state index contributed by atoms with van der Waals surface area (Å²) in [6.45, 7) is 4.83. The fourth-order valence-corrected chi connectivity index (χ4v) is 4.09. The Labute approximate surface area is 174 Å². The van der Waals surface area contributed by atoms with Crippen molar-refractivity contribution in [1.82, 2.24) is 15.0 Å². The molecule has 0 spiro atoms. The Morgan fingerprint density at radius 3 is 2.47 bits per heavy atom. The number of ketones is 1. The van der Waals surface area contributed by atoms with Gasteiger partial charge in [-0.3, -0.25) is 4.79 Å². The van der Waals surface area contributed by atoms with Crippen LogP contribution < -0.4 is 0 Å². The molecule has 1 unspecified atom stereocenters. The Kier molecular flexibility index (Phi) is 5.89. The summed E-state index contributed by atoms with van der Waals surface area (Å²) in [5, 5.41) is -0.292.